The number of nitrogens with zero attached hydrogens (tertiary/aromatic N) is 1. The maximum Gasteiger partial charge on any atom is 0.227 e. The van der Waals surface area contributed by atoms with Crippen LogP contribution in [0, 0.1) is 5.92 Å². The predicted molar refractivity (Wildman–Crippen MR) is 86.5 cm³/mol. The van der Waals surface area contributed by atoms with E-state index in [4.69, 9.17) is 0 Å². The summed E-state index contributed by atoms with van der Waals surface area (Å²) in [6.45, 7) is 1.77. The summed E-state index contributed by atoms with van der Waals surface area (Å²) < 4.78 is 0. The Kier molecular flexibility index (Phi) is 4.76. The summed E-state index contributed by atoms with van der Waals surface area (Å²) in [6.07, 6.45) is 6.56. The first kappa shape index (κ1) is 15.1. The fraction of sp³-hybridized carbons (Fsp3) is 0.556. The van der Waals surface area contributed by atoms with E-state index in [1.54, 1.807) is 0 Å². The number of amides is 2. The fourth-order valence-electron chi connectivity index (χ4n) is 3.42. The number of fused-ring (bicyclic) bond motifs is 1. The number of nitrogens with one attached hydrogen (secondary N) is 1. The Bertz CT molecular complexity index is 548. The lowest BCUT2D eigenvalue weighted by Gasteiger charge is -2.26. The highest BCUT2D eigenvalue weighted by atomic mass is 16.2. The molecule has 0 radical (unpaired) electrons. The molecular weight excluding hydrogens is 276 g/mol. The van der Waals surface area contributed by atoms with Crippen molar-refractivity contribution in [1.82, 2.24) is 4.90 Å². The molecule has 2 aliphatic rings. The largest absolute Gasteiger partial charge is 0.343 e. The molecule has 1 unspecified atom stereocenters. The molecular formula is C18H24N2O2. The SMILES string of the molecule is O=C1Nc2ccccc2CC1CCC(=O)N1CCCCCC1. The summed E-state index contributed by atoms with van der Waals surface area (Å²) in [5.74, 6) is 0.196. The minimum atomic E-state index is -0.0779. The number of benzene rings is 1. The summed E-state index contributed by atoms with van der Waals surface area (Å²) >= 11 is 0. The number of hydrogen-bond donors (Lipinski definition) is 1. The molecule has 2 heterocycles. The number of likely N-dealkylation sites (tertiary alicyclic amines) is 1. The van der Waals surface area contributed by atoms with Crippen molar-refractivity contribution in [2.24, 2.45) is 5.92 Å². The van der Waals surface area contributed by atoms with Crippen LogP contribution in [-0.4, -0.2) is 29.8 Å². The van der Waals surface area contributed by atoms with Crippen LogP contribution in [0.15, 0.2) is 24.3 Å². The number of anilines is 1. The minimum absolute atomic E-state index is 0.0577. The van der Waals surface area contributed by atoms with E-state index in [0.29, 0.717) is 12.8 Å². The van der Waals surface area contributed by atoms with Gasteiger partial charge in [0.15, 0.2) is 0 Å². The van der Waals surface area contributed by atoms with E-state index in [0.717, 1.165) is 38.0 Å². The lowest BCUT2D eigenvalue weighted by Crippen LogP contribution is -2.34. The highest BCUT2D eigenvalue weighted by Gasteiger charge is 2.27. The highest BCUT2D eigenvalue weighted by molar-refractivity contribution is 5.96. The summed E-state index contributed by atoms with van der Waals surface area (Å²) in [5, 5.41) is 2.96. The molecule has 0 spiro atoms. The van der Waals surface area contributed by atoms with Crippen molar-refractivity contribution in [3.63, 3.8) is 0 Å². The lowest BCUT2D eigenvalue weighted by molar-refractivity contribution is -0.131. The lowest BCUT2D eigenvalue weighted by atomic mass is 9.89. The third kappa shape index (κ3) is 3.49. The molecule has 0 bridgehead atoms. The standard InChI is InChI=1S/C18H24N2O2/c21-17(20-11-5-1-2-6-12-20)10-9-15-13-14-7-3-4-8-16(14)19-18(15)22/h3-4,7-8,15H,1-2,5-6,9-13H2,(H,19,22). The van der Waals surface area contributed by atoms with E-state index < -0.39 is 0 Å². The molecule has 2 amide bonds. The molecule has 1 aromatic carbocycles. The average Bonchev–Trinajstić information content (AvgIpc) is 2.82. The van der Waals surface area contributed by atoms with Crippen LogP contribution in [0.4, 0.5) is 5.69 Å². The normalized spacial score (nSPS) is 21.7. The van der Waals surface area contributed by atoms with Crippen molar-refractivity contribution in [3.05, 3.63) is 29.8 Å². The predicted octanol–water partition coefficient (Wildman–Crippen LogP) is 2.98. The first-order chi connectivity index (χ1) is 10.7. The molecule has 0 aromatic heterocycles. The summed E-state index contributed by atoms with van der Waals surface area (Å²) in [5.41, 5.74) is 2.09. The van der Waals surface area contributed by atoms with Gasteiger partial charge in [0.05, 0.1) is 0 Å². The van der Waals surface area contributed by atoms with Gasteiger partial charge in [-0.3, -0.25) is 9.59 Å². The van der Waals surface area contributed by atoms with Gasteiger partial charge in [-0.15, -0.1) is 0 Å². The number of carbonyl (C=O) groups excluding carboxylic acids is 2. The molecule has 4 nitrogen and oxygen atoms in total. The maximum atomic E-state index is 12.3. The van der Waals surface area contributed by atoms with Crippen LogP contribution in [0.2, 0.25) is 0 Å². The van der Waals surface area contributed by atoms with Gasteiger partial charge < -0.3 is 10.2 Å². The van der Waals surface area contributed by atoms with Gasteiger partial charge in [-0.2, -0.15) is 0 Å². The van der Waals surface area contributed by atoms with Gasteiger partial charge in [0.1, 0.15) is 0 Å². The summed E-state index contributed by atoms with van der Waals surface area (Å²) in [7, 11) is 0. The topological polar surface area (TPSA) is 49.4 Å². The van der Waals surface area contributed by atoms with Crippen LogP contribution >= 0.6 is 0 Å². The average molecular weight is 300 g/mol. The van der Waals surface area contributed by atoms with Crippen LogP contribution in [0.5, 0.6) is 0 Å². The second kappa shape index (κ2) is 6.95. The van der Waals surface area contributed by atoms with E-state index in [1.165, 1.54) is 18.4 Å². The number of rotatable bonds is 3. The van der Waals surface area contributed by atoms with Crippen molar-refractivity contribution in [1.29, 1.82) is 0 Å². The van der Waals surface area contributed by atoms with Crippen LogP contribution in [0.1, 0.15) is 44.1 Å². The number of carbonyl (C=O) groups is 2. The molecule has 1 N–H and O–H groups in total. The fourth-order valence-corrected chi connectivity index (χ4v) is 3.42. The van der Waals surface area contributed by atoms with Crippen molar-refractivity contribution < 1.29 is 9.59 Å². The van der Waals surface area contributed by atoms with Crippen LogP contribution < -0.4 is 5.32 Å². The second-order valence-electron chi connectivity index (χ2n) is 6.38. The molecule has 1 aromatic rings. The van der Waals surface area contributed by atoms with Gasteiger partial charge in [0.2, 0.25) is 11.8 Å². The van der Waals surface area contributed by atoms with Gasteiger partial charge in [-0.1, -0.05) is 31.0 Å². The Labute approximate surface area is 131 Å². The van der Waals surface area contributed by atoms with Crippen LogP contribution in [0.25, 0.3) is 0 Å². The Morgan fingerprint density at radius 3 is 2.64 bits per heavy atom. The Morgan fingerprint density at radius 1 is 1.14 bits per heavy atom. The third-order valence-corrected chi connectivity index (χ3v) is 4.78. The van der Waals surface area contributed by atoms with Crippen molar-refractivity contribution >= 4 is 17.5 Å². The van der Waals surface area contributed by atoms with E-state index in [2.05, 4.69) is 11.4 Å². The Hall–Kier alpha value is -1.84. The molecule has 1 atom stereocenters. The molecule has 4 heteroatoms. The van der Waals surface area contributed by atoms with Crippen LogP contribution in [0.3, 0.4) is 0 Å². The minimum Gasteiger partial charge on any atom is -0.343 e. The highest BCUT2D eigenvalue weighted by Crippen LogP contribution is 2.27. The van der Waals surface area contributed by atoms with Gasteiger partial charge in [-0.05, 0) is 37.3 Å². The molecule has 118 valence electrons. The second-order valence-corrected chi connectivity index (χ2v) is 6.38. The molecule has 2 aliphatic heterocycles. The molecule has 0 aliphatic carbocycles. The van der Waals surface area contributed by atoms with E-state index in [9.17, 15) is 9.59 Å². The molecule has 22 heavy (non-hydrogen) atoms. The van der Waals surface area contributed by atoms with Crippen molar-refractivity contribution in [2.75, 3.05) is 18.4 Å². The zero-order valence-electron chi connectivity index (χ0n) is 13.0. The monoisotopic (exact) mass is 300 g/mol. The molecule has 3 rings (SSSR count). The number of para-hydroxylation sites is 1. The Balaban J connectivity index is 1.55. The van der Waals surface area contributed by atoms with Gasteiger partial charge in [0.25, 0.3) is 0 Å². The summed E-state index contributed by atoms with van der Waals surface area (Å²) in [6, 6.07) is 7.92. The van der Waals surface area contributed by atoms with E-state index in [-0.39, 0.29) is 17.7 Å². The molecule has 0 saturated carbocycles. The first-order valence-corrected chi connectivity index (χ1v) is 8.40. The van der Waals surface area contributed by atoms with E-state index >= 15 is 0 Å². The van der Waals surface area contributed by atoms with Gasteiger partial charge in [0, 0.05) is 31.1 Å². The quantitative estimate of drug-likeness (QED) is 0.933. The zero-order valence-corrected chi connectivity index (χ0v) is 13.0. The first-order valence-electron chi connectivity index (χ1n) is 8.40. The zero-order chi connectivity index (χ0) is 15.4. The van der Waals surface area contributed by atoms with E-state index in [1.807, 2.05) is 23.1 Å². The smallest absolute Gasteiger partial charge is 0.227 e. The van der Waals surface area contributed by atoms with Gasteiger partial charge >= 0.3 is 0 Å². The van der Waals surface area contributed by atoms with Gasteiger partial charge in [-0.25, -0.2) is 0 Å². The summed E-state index contributed by atoms with van der Waals surface area (Å²) in [4.78, 5) is 26.5. The van der Waals surface area contributed by atoms with Crippen LogP contribution in [-0.2, 0) is 16.0 Å². The third-order valence-electron chi connectivity index (χ3n) is 4.78. The number of hydrogen-bond acceptors (Lipinski definition) is 2. The molecule has 1 fully saturated rings. The maximum absolute atomic E-state index is 12.3. The Morgan fingerprint density at radius 2 is 1.86 bits per heavy atom. The van der Waals surface area contributed by atoms with Crippen molar-refractivity contribution in [3.8, 4) is 0 Å². The van der Waals surface area contributed by atoms with Crippen molar-refractivity contribution in [2.45, 2.75) is 44.9 Å². The molecule has 1 saturated heterocycles.